The van der Waals surface area contributed by atoms with E-state index in [9.17, 15) is 14.7 Å². The molecule has 1 unspecified atom stereocenters. The molecule has 1 rings (SSSR count). The van der Waals surface area contributed by atoms with Gasteiger partial charge in [-0.2, -0.15) is 0 Å². The van der Waals surface area contributed by atoms with Gasteiger partial charge in [-0.05, 0) is 19.3 Å². The lowest BCUT2D eigenvalue weighted by Crippen LogP contribution is -2.56. The monoisotopic (exact) mass is 238 g/mol. The van der Waals surface area contributed by atoms with Crippen LogP contribution in [0.4, 0.5) is 4.79 Å². The smallest absolute Gasteiger partial charge is 0.329 e. The fourth-order valence-electron chi connectivity index (χ4n) is 2.40. The fourth-order valence-corrected chi connectivity index (χ4v) is 2.40. The maximum Gasteiger partial charge on any atom is 0.329 e. The Hall–Kier alpha value is -1.70. The molecule has 1 aliphatic rings. The zero-order valence-corrected chi connectivity index (χ0v) is 10.0. The van der Waals surface area contributed by atoms with E-state index in [4.69, 9.17) is 6.42 Å². The number of hydrogen-bond donors (Lipinski definition) is 2. The first-order valence-electron chi connectivity index (χ1n) is 5.81. The number of hydrogen-bond acceptors (Lipinski definition) is 2. The van der Waals surface area contributed by atoms with Gasteiger partial charge in [-0.3, -0.25) is 0 Å². The van der Waals surface area contributed by atoms with Gasteiger partial charge in [-0.15, -0.1) is 6.42 Å². The summed E-state index contributed by atoms with van der Waals surface area (Å²) < 4.78 is 0. The zero-order chi connectivity index (χ0) is 12.9. The molecular weight excluding hydrogens is 220 g/mol. The van der Waals surface area contributed by atoms with Crippen LogP contribution in [0.1, 0.15) is 32.6 Å². The average Bonchev–Trinajstić information content (AvgIpc) is 2.71. The van der Waals surface area contributed by atoms with Crippen molar-refractivity contribution >= 4 is 12.0 Å². The first kappa shape index (κ1) is 13.4. The predicted molar refractivity (Wildman–Crippen MR) is 63.4 cm³/mol. The van der Waals surface area contributed by atoms with E-state index in [1.54, 1.807) is 0 Å². The topological polar surface area (TPSA) is 69.6 Å². The Bertz CT molecular complexity index is 348. The van der Waals surface area contributed by atoms with Crippen molar-refractivity contribution in [2.24, 2.45) is 0 Å². The van der Waals surface area contributed by atoms with Crippen LogP contribution in [-0.4, -0.2) is 40.6 Å². The van der Waals surface area contributed by atoms with E-state index in [0.29, 0.717) is 19.4 Å². The number of carbonyl (C=O) groups is 2. The predicted octanol–water partition coefficient (Wildman–Crippen LogP) is 1.05. The second-order valence-electron chi connectivity index (χ2n) is 4.20. The van der Waals surface area contributed by atoms with Gasteiger partial charge in [-0.25, -0.2) is 9.59 Å². The molecule has 0 bridgehead atoms. The number of amides is 2. The van der Waals surface area contributed by atoms with Crippen LogP contribution in [0.3, 0.4) is 0 Å². The largest absolute Gasteiger partial charge is 0.479 e. The summed E-state index contributed by atoms with van der Waals surface area (Å²) in [6.07, 6.45) is 7.50. The first-order valence-corrected chi connectivity index (χ1v) is 5.81. The number of nitrogens with one attached hydrogen (secondary N) is 1. The number of rotatable bonds is 4. The number of terminal acetylenes is 1. The van der Waals surface area contributed by atoms with Crippen molar-refractivity contribution in [3.8, 4) is 12.3 Å². The quantitative estimate of drug-likeness (QED) is 0.719. The van der Waals surface area contributed by atoms with Crippen molar-refractivity contribution in [1.82, 2.24) is 10.2 Å². The highest BCUT2D eigenvalue weighted by molar-refractivity contribution is 5.87. The molecule has 0 aromatic carbocycles. The molecular formula is C12H18N2O3. The minimum absolute atomic E-state index is 0.122. The summed E-state index contributed by atoms with van der Waals surface area (Å²) >= 11 is 0. The van der Waals surface area contributed by atoms with Crippen molar-refractivity contribution in [2.45, 2.75) is 38.1 Å². The van der Waals surface area contributed by atoms with Gasteiger partial charge in [0, 0.05) is 6.54 Å². The molecule has 5 nitrogen and oxygen atoms in total. The molecule has 2 N–H and O–H groups in total. The Balaban J connectivity index is 2.85. The van der Waals surface area contributed by atoms with E-state index >= 15 is 0 Å². The lowest BCUT2D eigenvalue weighted by molar-refractivity contribution is -0.148. The highest BCUT2D eigenvalue weighted by Crippen LogP contribution is 2.33. The summed E-state index contributed by atoms with van der Waals surface area (Å²) in [4.78, 5) is 24.7. The molecule has 1 aliphatic heterocycles. The Labute approximate surface area is 101 Å². The highest BCUT2D eigenvalue weighted by Gasteiger charge is 2.49. The van der Waals surface area contributed by atoms with E-state index in [-0.39, 0.29) is 12.6 Å². The molecule has 0 aliphatic carbocycles. The maximum absolute atomic E-state index is 11.9. The van der Waals surface area contributed by atoms with Gasteiger partial charge in [0.1, 0.15) is 5.54 Å². The van der Waals surface area contributed by atoms with Crippen LogP contribution < -0.4 is 5.32 Å². The van der Waals surface area contributed by atoms with Crippen molar-refractivity contribution < 1.29 is 14.7 Å². The number of likely N-dealkylation sites (tertiary alicyclic amines) is 1. The Morgan fingerprint density at radius 2 is 2.29 bits per heavy atom. The number of carboxylic acid groups (broad SMARTS) is 1. The summed E-state index contributed by atoms with van der Waals surface area (Å²) in [7, 11) is 0. The van der Waals surface area contributed by atoms with Crippen LogP contribution in [0.15, 0.2) is 0 Å². The summed E-state index contributed by atoms with van der Waals surface area (Å²) in [5, 5.41) is 11.9. The Kier molecular flexibility index (Phi) is 4.38. The van der Waals surface area contributed by atoms with E-state index in [2.05, 4.69) is 11.2 Å². The highest BCUT2D eigenvalue weighted by atomic mass is 16.4. The molecule has 1 saturated heterocycles. The minimum Gasteiger partial charge on any atom is -0.479 e. The van der Waals surface area contributed by atoms with Crippen LogP contribution in [0.2, 0.25) is 0 Å². The SMILES string of the molecule is C#CCNC(=O)N1CCCC1(CCC)C(=O)O. The third-order valence-electron chi connectivity index (χ3n) is 3.14. The summed E-state index contributed by atoms with van der Waals surface area (Å²) in [6.45, 7) is 2.51. The van der Waals surface area contributed by atoms with Crippen LogP contribution >= 0.6 is 0 Å². The molecule has 1 fully saturated rings. The molecule has 0 radical (unpaired) electrons. The van der Waals surface area contributed by atoms with Crippen molar-refractivity contribution in [3.05, 3.63) is 0 Å². The lowest BCUT2D eigenvalue weighted by atomic mass is 9.91. The molecule has 0 aromatic heterocycles. The van der Waals surface area contributed by atoms with Gasteiger partial charge >= 0.3 is 12.0 Å². The van der Waals surface area contributed by atoms with Gasteiger partial charge in [0.05, 0.1) is 6.54 Å². The van der Waals surface area contributed by atoms with Gasteiger partial charge in [-0.1, -0.05) is 19.3 Å². The zero-order valence-electron chi connectivity index (χ0n) is 10.0. The first-order chi connectivity index (χ1) is 8.08. The number of nitrogens with zero attached hydrogens (tertiary/aromatic N) is 1. The van der Waals surface area contributed by atoms with Crippen LogP contribution in [0, 0.1) is 12.3 Å². The normalized spacial score (nSPS) is 23.2. The van der Waals surface area contributed by atoms with Crippen LogP contribution in [-0.2, 0) is 4.79 Å². The van der Waals surface area contributed by atoms with Crippen LogP contribution in [0.5, 0.6) is 0 Å². The third kappa shape index (κ3) is 2.52. The molecule has 1 heterocycles. The van der Waals surface area contributed by atoms with E-state index in [0.717, 1.165) is 12.8 Å². The molecule has 5 heteroatoms. The summed E-state index contributed by atoms with van der Waals surface area (Å²) in [5.74, 6) is 1.38. The van der Waals surface area contributed by atoms with Crippen molar-refractivity contribution in [1.29, 1.82) is 0 Å². The van der Waals surface area contributed by atoms with Crippen LogP contribution in [0.25, 0.3) is 0 Å². The van der Waals surface area contributed by atoms with E-state index in [1.165, 1.54) is 4.90 Å². The third-order valence-corrected chi connectivity index (χ3v) is 3.14. The average molecular weight is 238 g/mol. The number of carboxylic acids is 1. The fraction of sp³-hybridized carbons (Fsp3) is 0.667. The molecule has 1 atom stereocenters. The summed E-state index contributed by atoms with van der Waals surface area (Å²) in [6, 6.07) is -0.378. The number of urea groups is 1. The molecule has 0 spiro atoms. The van der Waals surface area contributed by atoms with Gasteiger partial charge in [0.25, 0.3) is 0 Å². The van der Waals surface area contributed by atoms with Gasteiger partial charge < -0.3 is 15.3 Å². The minimum atomic E-state index is -1.05. The standard InChI is InChI=1S/C12H18N2O3/c1-3-6-12(10(15)16)7-5-9-14(12)11(17)13-8-4-2/h2H,3,5-9H2,1H3,(H,13,17)(H,15,16). The Morgan fingerprint density at radius 3 is 2.82 bits per heavy atom. The van der Waals surface area contributed by atoms with E-state index in [1.807, 2.05) is 6.92 Å². The second-order valence-corrected chi connectivity index (χ2v) is 4.20. The maximum atomic E-state index is 11.9. The lowest BCUT2D eigenvalue weighted by Gasteiger charge is -2.34. The molecule has 0 aromatic rings. The van der Waals surface area contributed by atoms with Crippen molar-refractivity contribution in [2.75, 3.05) is 13.1 Å². The molecule has 94 valence electrons. The number of carbonyl (C=O) groups excluding carboxylic acids is 1. The molecule has 2 amide bonds. The molecule has 0 saturated carbocycles. The van der Waals surface area contributed by atoms with Gasteiger partial charge in [0.2, 0.25) is 0 Å². The molecule has 17 heavy (non-hydrogen) atoms. The summed E-state index contributed by atoms with van der Waals surface area (Å²) in [5.41, 5.74) is -1.05. The Morgan fingerprint density at radius 1 is 1.59 bits per heavy atom. The number of aliphatic carboxylic acids is 1. The van der Waals surface area contributed by atoms with Gasteiger partial charge in [0.15, 0.2) is 0 Å². The van der Waals surface area contributed by atoms with E-state index < -0.39 is 11.5 Å². The second kappa shape index (κ2) is 5.58. The van der Waals surface area contributed by atoms with Crippen molar-refractivity contribution in [3.63, 3.8) is 0 Å².